The van der Waals surface area contributed by atoms with Crippen molar-refractivity contribution in [2.24, 2.45) is 0 Å². The maximum Gasteiger partial charge on any atom is 0.160 e. The van der Waals surface area contributed by atoms with E-state index in [4.69, 9.17) is 19.9 Å². The molecule has 0 N–H and O–H groups in total. The first-order valence-electron chi connectivity index (χ1n) is 41.0. The second-order valence-electron chi connectivity index (χ2n) is 31.7. The molecule has 0 aliphatic carbocycles. The van der Waals surface area contributed by atoms with E-state index in [2.05, 4.69) is 419 Å². The lowest BCUT2D eigenvalue weighted by Gasteiger charge is -2.13. The molecule has 0 saturated heterocycles. The number of benzene rings is 20. The third-order valence-corrected chi connectivity index (χ3v) is 24.8. The molecular weight excluding hydrogens is 1460 g/mol. The number of fused-ring (bicyclic) bond motifs is 20. The van der Waals surface area contributed by atoms with Gasteiger partial charge in [-0.3, -0.25) is 0 Å². The van der Waals surface area contributed by atoms with Crippen LogP contribution in [0.5, 0.6) is 0 Å². The summed E-state index contributed by atoms with van der Waals surface area (Å²) in [4.78, 5) is 20.7. The van der Waals surface area contributed by atoms with Gasteiger partial charge >= 0.3 is 0 Å². The summed E-state index contributed by atoms with van der Waals surface area (Å²) in [5, 5.41) is 26.5. The number of para-hydroxylation sites is 4. The van der Waals surface area contributed by atoms with Crippen molar-refractivity contribution >= 4 is 174 Å². The van der Waals surface area contributed by atoms with Crippen LogP contribution >= 0.6 is 0 Å². The standard InChI is InChI=1S/C60H36N4.C52H32N4/c1-2-12-38-29-45(23-21-37(38)11-1)59-50-18-7-9-19-54(50)61-60(62-59)46-24-22-44-31-47(26-25-43(44)30-46)63-56-28-27-48(36-53(56)52-33-40-14-4-6-16-42(40)35-58(52)63)64-55-20-10-8-17-49(55)51-32-39-13-3-5-15-41(39)34-57(51)64;1-2-13-33(14-3-1)51-42-22-8-10-23-46(42)53-52(54-51)38-19-12-20-39(27-38)55-48-26-25-40(32-45(48)44-29-35-16-5-7-18-37(35)31-50(44)55)56-47-24-11-9-21-41(47)43-28-34-15-4-6-17-36(34)30-49(43)56/h1-36H;1-32H. The Labute approximate surface area is 687 Å². The van der Waals surface area contributed by atoms with Crippen molar-refractivity contribution < 1.29 is 0 Å². The fraction of sp³-hybridized carbons (Fsp3) is 0. The van der Waals surface area contributed by atoms with Crippen molar-refractivity contribution in [2.45, 2.75) is 0 Å². The first-order chi connectivity index (χ1) is 59.4. The zero-order chi connectivity index (χ0) is 78.6. The lowest BCUT2D eigenvalue weighted by molar-refractivity contribution is 1.16. The topological polar surface area (TPSA) is 71.3 Å². The van der Waals surface area contributed by atoms with Crippen LogP contribution in [0.15, 0.2) is 413 Å². The summed E-state index contributed by atoms with van der Waals surface area (Å²) < 4.78 is 9.72. The molecule has 0 spiro atoms. The predicted octanol–water partition coefficient (Wildman–Crippen LogP) is 29.2. The largest absolute Gasteiger partial charge is 0.309 e. The van der Waals surface area contributed by atoms with Crippen LogP contribution in [0.2, 0.25) is 0 Å². The second-order valence-corrected chi connectivity index (χ2v) is 31.7. The van der Waals surface area contributed by atoms with Crippen LogP contribution in [0.4, 0.5) is 0 Å². The van der Waals surface area contributed by atoms with E-state index >= 15 is 0 Å². The van der Waals surface area contributed by atoms with E-state index in [1.54, 1.807) is 0 Å². The lowest BCUT2D eigenvalue weighted by atomic mass is 10.0. The Kier molecular flexibility index (Phi) is 15.0. The first kappa shape index (κ1) is 67.2. The van der Waals surface area contributed by atoms with Gasteiger partial charge in [0.15, 0.2) is 11.6 Å². The Morgan fingerprint density at radius 2 is 0.442 bits per heavy atom. The van der Waals surface area contributed by atoms with Crippen molar-refractivity contribution in [1.29, 1.82) is 0 Å². The Morgan fingerprint density at radius 3 is 0.933 bits per heavy atom. The normalized spacial score (nSPS) is 12.0. The van der Waals surface area contributed by atoms with E-state index < -0.39 is 0 Å². The number of hydrogen-bond donors (Lipinski definition) is 0. The van der Waals surface area contributed by atoms with Gasteiger partial charge in [0, 0.05) is 98.9 Å². The minimum absolute atomic E-state index is 0.705. The van der Waals surface area contributed by atoms with Gasteiger partial charge < -0.3 is 18.3 Å². The molecule has 8 heteroatoms. The zero-order valence-electron chi connectivity index (χ0n) is 64.8. The van der Waals surface area contributed by atoms with Crippen LogP contribution in [-0.4, -0.2) is 38.2 Å². The highest BCUT2D eigenvalue weighted by Crippen LogP contribution is 2.45. The van der Waals surface area contributed by atoms with E-state index in [0.717, 1.165) is 100 Å². The zero-order valence-corrected chi connectivity index (χ0v) is 64.8. The summed E-state index contributed by atoms with van der Waals surface area (Å²) in [5.74, 6) is 1.42. The first-order valence-corrected chi connectivity index (χ1v) is 41.0. The second kappa shape index (κ2) is 26.7. The van der Waals surface area contributed by atoms with Crippen molar-refractivity contribution in [2.75, 3.05) is 0 Å². The molecule has 0 aliphatic rings. The Bertz CT molecular complexity index is 8820. The van der Waals surface area contributed by atoms with E-state index in [-0.39, 0.29) is 0 Å². The molecule has 0 amide bonds. The molecule has 20 aromatic carbocycles. The van der Waals surface area contributed by atoms with Crippen LogP contribution < -0.4 is 0 Å². The SMILES string of the molecule is c1ccc(-c2nc(-c3cccc(-n4c5ccc(-n6c7ccccc7c7cc8ccccc8cc76)cc5c5cc6ccccc6cc54)c3)nc3ccccc23)cc1.c1ccc2cc(-c3nc(-c4ccc5cc(-n6c7ccc(-n8c9ccccc9c9cc%10ccccc%10cc98)cc7c7cc8ccccc8cc76)ccc5c4)nc4ccccc34)ccc2c1. The van der Waals surface area contributed by atoms with Crippen LogP contribution in [0, 0.1) is 0 Å². The third-order valence-electron chi connectivity index (χ3n) is 24.8. The summed E-state index contributed by atoms with van der Waals surface area (Å²) in [7, 11) is 0. The Hall–Kier alpha value is -16.2. The predicted molar refractivity (Wildman–Crippen MR) is 503 cm³/mol. The average Bonchev–Trinajstić information content (AvgIpc) is 1.57. The monoisotopic (exact) mass is 1520 g/mol. The molecule has 6 heterocycles. The quantitative estimate of drug-likeness (QED) is 0.152. The third kappa shape index (κ3) is 10.8. The van der Waals surface area contributed by atoms with Crippen molar-refractivity contribution in [3.05, 3.63) is 413 Å². The Balaban J connectivity index is 0.000000134. The van der Waals surface area contributed by atoms with Gasteiger partial charge in [0.2, 0.25) is 0 Å². The van der Waals surface area contributed by atoms with E-state index in [9.17, 15) is 0 Å². The fourth-order valence-electron chi connectivity index (χ4n) is 19.2. The molecule has 0 radical (unpaired) electrons. The van der Waals surface area contributed by atoms with Gasteiger partial charge in [-0.15, -0.1) is 0 Å². The molecule has 0 atom stereocenters. The van der Waals surface area contributed by atoms with Gasteiger partial charge in [-0.25, -0.2) is 19.9 Å². The molecule has 0 aliphatic heterocycles. The minimum Gasteiger partial charge on any atom is -0.309 e. The molecular formula is C112H68N8. The van der Waals surface area contributed by atoms with Crippen LogP contribution in [0.1, 0.15) is 0 Å². The summed E-state index contributed by atoms with van der Waals surface area (Å²) in [6.07, 6.45) is 0. The van der Waals surface area contributed by atoms with Gasteiger partial charge in [-0.05, 0) is 210 Å². The van der Waals surface area contributed by atoms with Crippen molar-refractivity contribution in [3.63, 3.8) is 0 Å². The van der Waals surface area contributed by atoms with Crippen LogP contribution in [-0.2, 0) is 0 Å². The maximum absolute atomic E-state index is 5.26. The molecule has 0 bridgehead atoms. The van der Waals surface area contributed by atoms with Gasteiger partial charge in [-0.1, -0.05) is 267 Å². The minimum atomic E-state index is 0.705. The summed E-state index contributed by atoms with van der Waals surface area (Å²) in [6.45, 7) is 0. The van der Waals surface area contributed by atoms with Gasteiger partial charge in [0.1, 0.15) is 0 Å². The van der Waals surface area contributed by atoms with Gasteiger partial charge in [0.05, 0.1) is 66.6 Å². The highest BCUT2D eigenvalue weighted by Gasteiger charge is 2.24. The summed E-state index contributed by atoms with van der Waals surface area (Å²) in [5.41, 5.74) is 21.8. The molecule has 120 heavy (non-hydrogen) atoms. The molecule has 556 valence electrons. The molecule has 0 saturated carbocycles. The molecule has 0 unspecified atom stereocenters. The van der Waals surface area contributed by atoms with Crippen molar-refractivity contribution in [1.82, 2.24) is 38.2 Å². The smallest absolute Gasteiger partial charge is 0.160 e. The lowest BCUT2D eigenvalue weighted by Crippen LogP contribution is -1.98. The molecule has 26 rings (SSSR count). The number of rotatable bonds is 8. The van der Waals surface area contributed by atoms with E-state index in [0.29, 0.717) is 11.6 Å². The molecule has 6 aromatic heterocycles. The average molecular weight is 1530 g/mol. The van der Waals surface area contributed by atoms with E-state index in [1.165, 1.54) is 130 Å². The molecule has 0 fully saturated rings. The Morgan fingerprint density at radius 1 is 0.142 bits per heavy atom. The fourth-order valence-corrected chi connectivity index (χ4v) is 19.2. The highest BCUT2D eigenvalue weighted by atomic mass is 15.0. The van der Waals surface area contributed by atoms with Crippen LogP contribution in [0.3, 0.4) is 0 Å². The number of aromatic nitrogens is 8. The van der Waals surface area contributed by atoms with Crippen molar-refractivity contribution in [3.8, 4) is 68.0 Å². The molecule has 26 aromatic rings. The summed E-state index contributed by atoms with van der Waals surface area (Å²) >= 11 is 0. The summed E-state index contributed by atoms with van der Waals surface area (Å²) in [6, 6.07) is 149. The van der Waals surface area contributed by atoms with Crippen LogP contribution in [0.25, 0.3) is 242 Å². The maximum atomic E-state index is 5.26. The van der Waals surface area contributed by atoms with E-state index in [1.807, 2.05) is 12.1 Å². The van der Waals surface area contributed by atoms with Gasteiger partial charge in [-0.2, -0.15) is 0 Å². The number of hydrogen-bond acceptors (Lipinski definition) is 4. The molecule has 8 nitrogen and oxygen atoms in total. The van der Waals surface area contributed by atoms with Gasteiger partial charge in [0.25, 0.3) is 0 Å². The highest BCUT2D eigenvalue weighted by molar-refractivity contribution is 6.19. The number of nitrogens with zero attached hydrogens (tertiary/aromatic N) is 8.